The molecule has 4 aromatic carbocycles. The Morgan fingerprint density at radius 3 is 1.90 bits per heavy atom. The number of benzene rings is 4. The van der Waals surface area contributed by atoms with Crippen molar-refractivity contribution in [3.8, 4) is 28.4 Å². The summed E-state index contributed by atoms with van der Waals surface area (Å²) in [5, 5.41) is 17.7. The third kappa shape index (κ3) is 8.22. The van der Waals surface area contributed by atoms with Crippen molar-refractivity contribution in [2.75, 3.05) is 20.2 Å². The highest BCUT2D eigenvalue weighted by atomic mass is 16.6. The van der Waals surface area contributed by atoms with Crippen molar-refractivity contribution in [3.05, 3.63) is 113 Å². The fraction of sp³-hybridized carbons (Fsp3) is 0.390. The predicted molar refractivity (Wildman–Crippen MR) is 196 cm³/mol. The molecule has 1 saturated heterocycles. The first-order chi connectivity index (χ1) is 24.6. The molecule has 2 aliphatic heterocycles. The number of carbonyl (C=O) groups excluding carboxylic acids is 1. The van der Waals surface area contributed by atoms with Crippen molar-refractivity contribution in [2.45, 2.75) is 77.9 Å². The van der Waals surface area contributed by atoms with Gasteiger partial charge in [-0.05, 0) is 84.9 Å². The van der Waals surface area contributed by atoms with Crippen molar-refractivity contribution in [1.82, 2.24) is 4.90 Å². The van der Waals surface area contributed by atoms with Crippen LogP contribution in [0.3, 0.4) is 0 Å². The smallest absolute Gasteiger partial charge is 0.410 e. The van der Waals surface area contributed by atoms with Gasteiger partial charge in [-0.2, -0.15) is 0 Å². The Balaban J connectivity index is 1.47. The molecule has 1 fully saturated rings. The average Bonchev–Trinajstić information content (AvgIpc) is 3.64. The summed E-state index contributed by atoms with van der Waals surface area (Å²) < 4.78 is 24.9. The minimum absolute atomic E-state index is 0.127. The van der Waals surface area contributed by atoms with Gasteiger partial charge in [0.05, 0.1) is 7.11 Å². The van der Waals surface area contributed by atoms with E-state index in [1.807, 2.05) is 93.6 Å². The highest BCUT2D eigenvalue weighted by Crippen LogP contribution is 2.51. The van der Waals surface area contributed by atoms with Crippen LogP contribution >= 0.6 is 0 Å². The zero-order chi connectivity index (χ0) is 36.0. The van der Waals surface area contributed by atoms with Crippen molar-refractivity contribution >= 4 is 6.09 Å². The lowest BCUT2D eigenvalue weighted by molar-refractivity contribution is 0.0146. The van der Waals surface area contributed by atoms with Crippen LogP contribution < -0.4 is 14.2 Å². The molecule has 0 aliphatic carbocycles. The number of carbonyl (C=O) groups is 1. The molecule has 0 unspecified atom stereocenters. The third-order valence-corrected chi connectivity index (χ3v) is 9.28. The van der Waals surface area contributed by atoms with Gasteiger partial charge in [-0.1, -0.05) is 80.6 Å². The number of rotatable bonds is 11. The molecule has 10 heteroatoms. The van der Waals surface area contributed by atoms with Gasteiger partial charge in [0.15, 0.2) is 0 Å². The second kappa shape index (κ2) is 15.3. The summed E-state index contributed by atoms with van der Waals surface area (Å²) in [6.07, 6.45) is 0.905. The summed E-state index contributed by atoms with van der Waals surface area (Å²) in [7, 11) is 1.68. The van der Waals surface area contributed by atoms with Crippen LogP contribution in [-0.2, 0) is 23.6 Å². The number of nitrogens with zero attached hydrogens (tertiary/aromatic N) is 5. The topological polar surface area (TPSA) is 107 Å². The molecule has 10 nitrogen and oxygen atoms in total. The van der Waals surface area contributed by atoms with Crippen LogP contribution in [0.15, 0.2) is 112 Å². The van der Waals surface area contributed by atoms with E-state index in [1.165, 1.54) is 0 Å². The van der Waals surface area contributed by atoms with Gasteiger partial charge in [0.1, 0.15) is 36.1 Å². The van der Waals surface area contributed by atoms with Gasteiger partial charge in [0, 0.05) is 41.8 Å². The molecule has 1 amide bonds. The van der Waals surface area contributed by atoms with E-state index in [1.54, 1.807) is 12.0 Å². The van der Waals surface area contributed by atoms with Crippen LogP contribution in [0, 0.1) is 5.92 Å². The molecule has 0 saturated carbocycles. The summed E-state index contributed by atoms with van der Waals surface area (Å²) in [5.41, 5.74) is 3.87. The summed E-state index contributed by atoms with van der Waals surface area (Å²) in [5.74, 6) is 2.07. The van der Waals surface area contributed by atoms with E-state index in [0.717, 1.165) is 33.4 Å². The van der Waals surface area contributed by atoms with Crippen molar-refractivity contribution < 1.29 is 23.7 Å². The van der Waals surface area contributed by atoms with E-state index in [2.05, 4.69) is 42.5 Å². The Morgan fingerprint density at radius 1 is 0.784 bits per heavy atom. The first kappa shape index (κ1) is 35.6. The highest BCUT2D eigenvalue weighted by molar-refractivity contribution is 5.79. The second-order valence-corrected chi connectivity index (χ2v) is 14.4. The molecule has 6 rings (SSSR count). The van der Waals surface area contributed by atoms with E-state index in [4.69, 9.17) is 29.2 Å². The van der Waals surface area contributed by atoms with E-state index >= 15 is 0 Å². The number of methoxy groups -OCH3 is 1. The predicted octanol–water partition coefficient (Wildman–Crippen LogP) is 10.3. The van der Waals surface area contributed by atoms with Gasteiger partial charge in [0.25, 0.3) is 0 Å². The second-order valence-electron chi connectivity index (χ2n) is 14.4. The Bertz CT molecular complexity index is 1850. The summed E-state index contributed by atoms with van der Waals surface area (Å²) in [4.78, 5) is 14.7. The van der Waals surface area contributed by atoms with Gasteiger partial charge in [-0.15, -0.1) is 10.2 Å². The number of hydrogen-bond donors (Lipinski definition) is 0. The van der Waals surface area contributed by atoms with Gasteiger partial charge in [0.2, 0.25) is 5.66 Å². The molecule has 51 heavy (non-hydrogen) atoms. The molecule has 0 radical (unpaired) electrons. The molecule has 2 aliphatic rings. The fourth-order valence-electron chi connectivity index (χ4n) is 6.54. The van der Waals surface area contributed by atoms with Crippen LogP contribution in [0.2, 0.25) is 0 Å². The van der Waals surface area contributed by atoms with Crippen LogP contribution in [0.5, 0.6) is 17.2 Å². The van der Waals surface area contributed by atoms with Crippen LogP contribution in [0.4, 0.5) is 4.79 Å². The molecule has 0 atom stereocenters. The average molecular weight is 690 g/mol. The normalized spacial score (nSPS) is 15.6. The van der Waals surface area contributed by atoms with Crippen LogP contribution in [0.1, 0.15) is 75.6 Å². The van der Waals surface area contributed by atoms with Gasteiger partial charge in [-0.25, -0.2) is 4.79 Å². The lowest BCUT2D eigenvalue weighted by Crippen LogP contribution is -2.45. The minimum Gasteiger partial charge on any atom is -0.496 e. The van der Waals surface area contributed by atoms with Gasteiger partial charge in [-0.3, -0.25) is 0 Å². The lowest BCUT2D eigenvalue weighted by atomic mass is 9.79. The quantitative estimate of drug-likeness (QED) is 0.156. The standard InChI is InChI=1S/C41H47N5O5/c1-28(2)31-17-18-36(48-6)33(23-31)34-24-35(41(42-44-45-43-41)32-19-21-46(22-20-32)39(47)51-40(3,4)5)38(50-27-30-15-11-8-12-16-30)25-37(34)49-26-29-13-9-7-10-14-29/h7-18,23-25,28,32H,19-22,26-27H2,1-6H3. The zero-order valence-corrected chi connectivity index (χ0v) is 30.3. The van der Waals surface area contributed by atoms with E-state index in [9.17, 15) is 4.79 Å². The Hall–Kier alpha value is -5.25. The first-order valence-electron chi connectivity index (χ1n) is 17.6. The Kier molecular flexibility index (Phi) is 10.7. The number of piperidine rings is 1. The fourth-order valence-corrected chi connectivity index (χ4v) is 6.54. The third-order valence-electron chi connectivity index (χ3n) is 9.28. The van der Waals surface area contributed by atoms with E-state index in [-0.39, 0.29) is 17.9 Å². The van der Waals surface area contributed by atoms with Crippen molar-refractivity contribution in [2.24, 2.45) is 26.6 Å². The number of hydrogen-bond acceptors (Lipinski definition) is 9. The molecule has 266 valence electrons. The highest BCUT2D eigenvalue weighted by Gasteiger charge is 2.48. The summed E-state index contributed by atoms with van der Waals surface area (Å²) in [6, 6.07) is 30.3. The summed E-state index contributed by atoms with van der Waals surface area (Å²) >= 11 is 0. The molecule has 0 spiro atoms. The molecule has 0 N–H and O–H groups in total. The molecule has 4 aromatic rings. The lowest BCUT2D eigenvalue weighted by Gasteiger charge is -2.38. The van der Waals surface area contributed by atoms with Crippen molar-refractivity contribution in [1.29, 1.82) is 0 Å². The number of amides is 1. The maximum atomic E-state index is 13.0. The largest absolute Gasteiger partial charge is 0.496 e. The minimum atomic E-state index is -1.18. The maximum absolute atomic E-state index is 13.0. The van der Waals surface area contributed by atoms with Gasteiger partial charge < -0.3 is 23.8 Å². The SMILES string of the molecule is COc1ccc(C(C)C)cc1-c1cc(C2(C3CCN(C(=O)OC(C)(C)C)CC3)N=NN=N2)c(OCc2ccccc2)cc1OCc1ccccc1. The zero-order valence-electron chi connectivity index (χ0n) is 30.3. The molecule has 0 bridgehead atoms. The number of ether oxygens (including phenoxy) is 4. The molecular formula is C41H47N5O5. The van der Waals surface area contributed by atoms with E-state index < -0.39 is 11.3 Å². The van der Waals surface area contributed by atoms with Crippen LogP contribution in [0.25, 0.3) is 11.1 Å². The van der Waals surface area contributed by atoms with Gasteiger partial charge >= 0.3 is 6.09 Å². The molecule has 0 aromatic heterocycles. The van der Waals surface area contributed by atoms with Crippen LogP contribution in [-0.4, -0.2) is 36.8 Å². The first-order valence-corrected chi connectivity index (χ1v) is 17.6. The maximum Gasteiger partial charge on any atom is 0.410 e. The molecular weight excluding hydrogens is 642 g/mol. The molecule has 2 heterocycles. The van der Waals surface area contributed by atoms with E-state index in [0.29, 0.717) is 56.4 Å². The Labute approximate surface area is 300 Å². The summed E-state index contributed by atoms with van der Waals surface area (Å²) in [6.45, 7) is 11.6. The number of likely N-dealkylation sites (tertiary alicyclic amines) is 1. The Morgan fingerprint density at radius 2 is 1.35 bits per heavy atom. The van der Waals surface area contributed by atoms with Crippen molar-refractivity contribution in [3.63, 3.8) is 0 Å². The monoisotopic (exact) mass is 689 g/mol.